The number of halogens is 1. The van der Waals surface area contributed by atoms with E-state index in [9.17, 15) is 5.26 Å². The van der Waals surface area contributed by atoms with Gasteiger partial charge in [-0.2, -0.15) is 5.26 Å². The van der Waals surface area contributed by atoms with Gasteiger partial charge in [-0.05, 0) is 43.0 Å². The van der Waals surface area contributed by atoms with Crippen LogP contribution in [0.3, 0.4) is 0 Å². The van der Waals surface area contributed by atoms with Gasteiger partial charge in [0.1, 0.15) is 6.07 Å². The SMILES string of the molecule is CC1CCN(c2cc(Br)ccc2C#N)CC1CN. The number of nitrogens with two attached hydrogens (primary N) is 1. The zero-order valence-corrected chi connectivity index (χ0v) is 12.2. The maximum Gasteiger partial charge on any atom is 0.101 e. The van der Waals surface area contributed by atoms with E-state index in [1.165, 1.54) is 0 Å². The predicted octanol–water partition coefficient (Wildman–Crippen LogP) is 2.74. The molecule has 0 saturated carbocycles. The zero-order valence-electron chi connectivity index (χ0n) is 10.6. The minimum Gasteiger partial charge on any atom is -0.370 e. The van der Waals surface area contributed by atoms with Gasteiger partial charge in [0.25, 0.3) is 0 Å². The third-order valence-electron chi connectivity index (χ3n) is 3.84. The fourth-order valence-electron chi connectivity index (χ4n) is 2.54. The third-order valence-corrected chi connectivity index (χ3v) is 4.33. The normalized spacial score (nSPS) is 23.8. The second kappa shape index (κ2) is 5.73. The van der Waals surface area contributed by atoms with Crippen molar-refractivity contribution in [3.63, 3.8) is 0 Å². The standard InChI is InChI=1S/C14H18BrN3/c1-10-4-5-18(9-12(10)8-17)14-6-13(15)3-2-11(14)7-16/h2-3,6,10,12H,4-5,8-9,17H2,1H3. The van der Waals surface area contributed by atoms with E-state index in [-0.39, 0.29) is 0 Å². The smallest absolute Gasteiger partial charge is 0.101 e. The number of nitrogens with zero attached hydrogens (tertiary/aromatic N) is 2. The van der Waals surface area contributed by atoms with Crippen LogP contribution in [-0.2, 0) is 0 Å². The van der Waals surface area contributed by atoms with E-state index < -0.39 is 0 Å². The van der Waals surface area contributed by atoms with Crippen LogP contribution in [0.15, 0.2) is 22.7 Å². The molecule has 18 heavy (non-hydrogen) atoms. The molecule has 0 radical (unpaired) electrons. The van der Waals surface area contributed by atoms with E-state index in [0.717, 1.165) is 35.2 Å². The topological polar surface area (TPSA) is 53.0 Å². The van der Waals surface area contributed by atoms with Crippen molar-refractivity contribution in [3.8, 4) is 6.07 Å². The van der Waals surface area contributed by atoms with Gasteiger partial charge in [0.2, 0.25) is 0 Å². The molecule has 1 aromatic carbocycles. The molecule has 0 spiro atoms. The van der Waals surface area contributed by atoms with Crippen LogP contribution in [0.2, 0.25) is 0 Å². The predicted molar refractivity (Wildman–Crippen MR) is 77.4 cm³/mol. The molecular weight excluding hydrogens is 290 g/mol. The molecule has 2 atom stereocenters. The minimum absolute atomic E-state index is 0.518. The fraction of sp³-hybridized carbons (Fsp3) is 0.500. The van der Waals surface area contributed by atoms with E-state index >= 15 is 0 Å². The zero-order chi connectivity index (χ0) is 13.1. The van der Waals surface area contributed by atoms with Crippen LogP contribution in [0.25, 0.3) is 0 Å². The van der Waals surface area contributed by atoms with Crippen LogP contribution in [0, 0.1) is 23.2 Å². The van der Waals surface area contributed by atoms with Crippen LogP contribution in [-0.4, -0.2) is 19.6 Å². The highest BCUT2D eigenvalue weighted by Gasteiger charge is 2.26. The Morgan fingerprint density at radius 1 is 1.56 bits per heavy atom. The maximum atomic E-state index is 9.20. The molecule has 0 aliphatic carbocycles. The molecule has 3 nitrogen and oxygen atoms in total. The van der Waals surface area contributed by atoms with Crippen LogP contribution in [0.4, 0.5) is 5.69 Å². The highest BCUT2D eigenvalue weighted by molar-refractivity contribution is 9.10. The van der Waals surface area contributed by atoms with E-state index in [1.54, 1.807) is 0 Å². The molecule has 2 N–H and O–H groups in total. The molecule has 1 aliphatic heterocycles. The van der Waals surface area contributed by atoms with Crippen molar-refractivity contribution >= 4 is 21.6 Å². The number of anilines is 1. The van der Waals surface area contributed by atoms with Gasteiger partial charge in [-0.25, -0.2) is 0 Å². The lowest BCUT2D eigenvalue weighted by atomic mass is 9.86. The van der Waals surface area contributed by atoms with Crippen molar-refractivity contribution in [2.45, 2.75) is 13.3 Å². The van der Waals surface area contributed by atoms with Gasteiger partial charge in [-0.3, -0.25) is 0 Å². The van der Waals surface area contributed by atoms with Gasteiger partial charge >= 0.3 is 0 Å². The summed E-state index contributed by atoms with van der Waals surface area (Å²) in [7, 11) is 0. The highest BCUT2D eigenvalue weighted by Crippen LogP contribution is 2.30. The Hall–Kier alpha value is -1.05. The first-order valence-corrected chi connectivity index (χ1v) is 7.09. The summed E-state index contributed by atoms with van der Waals surface area (Å²) in [5, 5.41) is 9.20. The first-order chi connectivity index (χ1) is 8.65. The first-order valence-electron chi connectivity index (χ1n) is 6.30. The average molecular weight is 308 g/mol. The molecule has 1 aliphatic rings. The van der Waals surface area contributed by atoms with E-state index in [0.29, 0.717) is 18.4 Å². The largest absolute Gasteiger partial charge is 0.370 e. The number of piperidine rings is 1. The monoisotopic (exact) mass is 307 g/mol. The number of benzene rings is 1. The minimum atomic E-state index is 0.518. The molecule has 1 heterocycles. The summed E-state index contributed by atoms with van der Waals surface area (Å²) >= 11 is 3.48. The lowest BCUT2D eigenvalue weighted by molar-refractivity contribution is 0.308. The molecule has 1 aromatic rings. The number of hydrogen-bond acceptors (Lipinski definition) is 3. The Morgan fingerprint density at radius 3 is 3.00 bits per heavy atom. The van der Waals surface area contributed by atoms with Crippen molar-refractivity contribution in [1.29, 1.82) is 5.26 Å². The van der Waals surface area contributed by atoms with Crippen molar-refractivity contribution in [2.24, 2.45) is 17.6 Å². The molecule has 1 saturated heterocycles. The van der Waals surface area contributed by atoms with Crippen molar-refractivity contribution in [1.82, 2.24) is 0 Å². The van der Waals surface area contributed by atoms with Crippen LogP contribution in [0.5, 0.6) is 0 Å². The van der Waals surface area contributed by atoms with E-state index in [2.05, 4.69) is 33.8 Å². The summed E-state index contributed by atoms with van der Waals surface area (Å²) in [6.45, 7) is 4.93. The summed E-state index contributed by atoms with van der Waals surface area (Å²) < 4.78 is 1.01. The molecule has 0 bridgehead atoms. The first kappa shape index (κ1) is 13.4. The third kappa shape index (κ3) is 2.68. The second-order valence-electron chi connectivity index (χ2n) is 4.98. The molecule has 4 heteroatoms. The quantitative estimate of drug-likeness (QED) is 0.914. The van der Waals surface area contributed by atoms with Gasteiger partial charge in [-0.1, -0.05) is 22.9 Å². The van der Waals surface area contributed by atoms with Gasteiger partial charge in [0, 0.05) is 17.6 Å². The van der Waals surface area contributed by atoms with Gasteiger partial charge in [-0.15, -0.1) is 0 Å². The number of hydrogen-bond donors (Lipinski definition) is 1. The van der Waals surface area contributed by atoms with Gasteiger partial charge < -0.3 is 10.6 Å². The Labute approximate surface area is 117 Å². The Kier molecular flexibility index (Phi) is 4.26. The lowest BCUT2D eigenvalue weighted by Gasteiger charge is -2.38. The Bertz CT molecular complexity index is 467. The van der Waals surface area contributed by atoms with Crippen molar-refractivity contribution in [2.75, 3.05) is 24.5 Å². The number of nitriles is 1. The second-order valence-corrected chi connectivity index (χ2v) is 5.90. The maximum absolute atomic E-state index is 9.20. The van der Waals surface area contributed by atoms with E-state index in [1.807, 2.05) is 18.2 Å². The molecule has 2 unspecified atom stereocenters. The van der Waals surface area contributed by atoms with Gasteiger partial charge in [0.15, 0.2) is 0 Å². The summed E-state index contributed by atoms with van der Waals surface area (Å²) in [5.74, 6) is 1.19. The Morgan fingerprint density at radius 2 is 2.33 bits per heavy atom. The fourth-order valence-corrected chi connectivity index (χ4v) is 2.89. The number of rotatable bonds is 2. The van der Waals surface area contributed by atoms with Crippen LogP contribution < -0.4 is 10.6 Å². The average Bonchev–Trinajstić information content (AvgIpc) is 2.39. The molecule has 0 aromatic heterocycles. The molecule has 0 amide bonds. The van der Waals surface area contributed by atoms with Crippen molar-refractivity contribution < 1.29 is 0 Å². The summed E-state index contributed by atoms with van der Waals surface area (Å²) in [6, 6.07) is 8.08. The van der Waals surface area contributed by atoms with E-state index in [4.69, 9.17) is 5.73 Å². The summed E-state index contributed by atoms with van der Waals surface area (Å²) in [4.78, 5) is 2.29. The van der Waals surface area contributed by atoms with Gasteiger partial charge in [0.05, 0.1) is 11.3 Å². The highest BCUT2D eigenvalue weighted by atomic mass is 79.9. The Balaban J connectivity index is 2.27. The van der Waals surface area contributed by atoms with Crippen molar-refractivity contribution in [3.05, 3.63) is 28.2 Å². The summed E-state index contributed by atoms with van der Waals surface area (Å²) in [6.07, 6.45) is 1.14. The van der Waals surface area contributed by atoms with Crippen LogP contribution in [0.1, 0.15) is 18.9 Å². The van der Waals surface area contributed by atoms with Crippen LogP contribution >= 0.6 is 15.9 Å². The molecule has 96 valence electrons. The summed E-state index contributed by atoms with van der Waals surface area (Å²) in [5.41, 5.74) is 7.60. The molecular formula is C14H18BrN3. The lowest BCUT2D eigenvalue weighted by Crippen LogP contribution is -2.43. The molecule has 2 rings (SSSR count). The molecule has 1 fully saturated rings.